The third kappa shape index (κ3) is 7.28. The smallest absolute Gasteiger partial charge is 0.416 e. The van der Waals surface area contributed by atoms with Crippen molar-refractivity contribution in [2.24, 2.45) is 5.92 Å². The summed E-state index contributed by atoms with van der Waals surface area (Å²) in [5, 5.41) is 8.90. The number of carboxylic acids is 1. The molecule has 2 aliphatic rings. The molecule has 0 bridgehead atoms. The van der Waals surface area contributed by atoms with Crippen molar-refractivity contribution in [2.75, 3.05) is 6.54 Å². The van der Waals surface area contributed by atoms with Crippen molar-refractivity contribution < 1.29 is 37.4 Å². The maximum Gasteiger partial charge on any atom is 0.416 e. The van der Waals surface area contributed by atoms with Gasteiger partial charge in [-0.15, -0.1) is 0 Å². The number of nitrogens with zero attached hydrogens (tertiary/aromatic N) is 1. The largest absolute Gasteiger partial charge is 0.481 e. The number of hydrogen-bond donors (Lipinski definition) is 1. The van der Waals surface area contributed by atoms with Crippen LogP contribution in [0.2, 0.25) is 5.02 Å². The Morgan fingerprint density at radius 2 is 1.74 bits per heavy atom. The molecule has 1 N–H and O–H groups in total. The molecule has 1 heterocycles. The lowest BCUT2D eigenvalue weighted by molar-refractivity contribution is -0.139. The number of hydrogen-bond acceptors (Lipinski definition) is 4. The van der Waals surface area contributed by atoms with Gasteiger partial charge < -0.3 is 14.7 Å². The van der Waals surface area contributed by atoms with E-state index in [9.17, 15) is 27.6 Å². The maximum absolute atomic E-state index is 13.3. The van der Waals surface area contributed by atoms with Crippen LogP contribution in [0.5, 0.6) is 0 Å². The van der Waals surface area contributed by atoms with Gasteiger partial charge in [-0.1, -0.05) is 35.9 Å². The van der Waals surface area contributed by atoms with Crippen molar-refractivity contribution >= 4 is 29.4 Å². The number of amides is 1. The second-order valence-corrected chi connectivity index (χ2v) is 10.5. The summed E-state index contributed by atoms with van der Waals surface area (Å²) in [6, 6.07) is 8.92. The summed E-state index contributed by atoms with van der Waals surface area (Å²) in [4.78, 5) is 37.9. The lowest BCUT2D eigenvalue weighted by Crippen LogP contribution is -2.39. The van der Waals surface area contributed by atoms with Gasteiger partial charge in [0.1, 0.15) is 11.9 Å². The Morgan fingerprint density at radius 1 is 1.00 bits per heavy atom. The second kappa shape index (κ2) is 11.8. The number of benzene rings is 2. The molecule has 1 aliphatic carbocycles. The number of carbonyl (C=O) groups excluding carboxylic acids is 2. The number of rotatable bonds is 7. The van der Waals surface area contributed by atoms with E-state index >= 15 is 0 Å². The van der Waals surface area contributed by atoms with Gasteiger partial charge in [-0.3, -0.25) is 9.59 Å². The van der Waals surface area contributed by atoms with Crippen LogP contribution in [0.1, 0.15) is 59.9 Å². The van der Waals surface area contributed by atoms with Crippen LogP contribution < -0.4 is 0 Å². The highest BCUT2D eigenvalue weighted by Crippen LogP contribution is 2.34. The third-order valence-corrected chi connectivity index (χ3v) is 7.47. The molecule has 0 unspecified atom stereocenters. The summed E-state index contributed by atoms with van der Waals surface area (Å²) in [7, 11) is 0. The van der Waals surface area contributed by atoms with Gasteiger partial charge in [0, 0.05) is 37.4 Å². The molecule has 0 aromatic heterocycles. The molecular formula is C28H29ClF3NO5. The standard InChI is InChI=1S/C28H29ClF3NO5/c29-22-6-5-20(25(15-22)28(30,31)32)14-23(34)12-18-1-4-21-16-33(10-9-19(21)11-18)27(37)38-24-7-2-17(3-8-24)13-26(35)36/h1,4-6,11,15,17,24H,2-3,7-10,12-14,16H2,(H,35,36). The molecule has 1 saturated carbocycles. The molecule has 1 aliphatic heterocycles. The molecule has 0 saturated heterocycles. The van der Waals surface area contributed by atoms with Crippen LogP contribution in [0.25, 0.3) is 0 Å². The number of Topliss-reactive ketones (excluding diaryl/α,β-unsaturated/α-hetero) is 1. The first-order chi connectivity index (χ1) is 18.0. The Kier molecular flexibility index (Phi) is 8.65. The minimum Gasteiger partial charge on any atom is -0.481 e. The van der Waals surface area contributed by atoms with Crippen molar-refractivity contribution in [3.63, 3.8) is 0 Å². The Morgan fingerprint density at radius 3 is 2.42 bits per heavy atom. The molecule has 0 spiro atoms. The summed E-state index contributed by atoms with van der Waals surface area (Å²) in [5.74, 6) is -1.01. The van der Waals surface area contributed by atoms with Gasteiger partial charge in [0.15, 0.2) is 0 Å². The van der Waals surface area contributed by atoms with E-state index in [0.717, 1.165) is 30.0 Å². The molecule has 6 nitrogen and oxygen atoms in total. The van der Waals surface area contributed by atoms with Gasteiger partial charge in [0.05, 0.1) is 5.56 Å². The normalized spacial score (nSPS) is 19.5. The first kappa shape index (κ1) is 28.0. The fraction of sp³-hybridized carbons (Fsp3) is 0.464. The number of fused-ring (bicyclic) bond motifs is 1. The minimum absolute atomic E-state index is 0.00348. The number of halogens is 4. The van der Waals surface area contributed by atoms with Crippen LogP contribution in [0.15, 0.2) is 36.4 Å². The van der Waals surface area contributed by atoms with Crippen LogP contribution in [0.4, 0.5) is 18.0 Å². The molecule has 2 aromatic carbocycles. The van der Waals surface area contributed by atoms with Gasteiger partial charge in [-0.05, 0) is 72.4 Å². The van der Waals surface area contributed by atoms with E-state index in [-0.39, 0.29) is 53.7 Å². The Balaban J connectivity index is 1.31. The number of aliphatic carboxylic acids is 1. The van der Waals surface area contributed by atoms with E-state index < -0.39 is 17.7 Å². The molecule has 204 valence electrons. The van der Waals surface area contributed by atoms with Crippen molar-refractivity contribution in [2.45, 2.75) is 70.2 Å². The Labute approximate surface area is 223 Å². The molecule has 0 atom stereocenters. The van der Waals surface area contributed by atoms with Crippen molar-refractivity contribution in [3.8, 4) is 0 Å². The molecule has 1 amide bonds. The fourth-order valence-corrected chi connectivity index (χ4v) is 5.43. The number of alkyl halides is 3. The summed E-state index contributed by atoms with van der Waals surface area (Å²) >= 11 is 5.72. The summed E-state index contributed by atoms with van der Waals surface area (Å²) in [6.07, 6.45) is -2.04. The first-order valence-corrected chi connectivity index (χ1v) is 13.0. The van der Waals surface area contributed by atoms with E-state index in [1.54, 1.807) is 11.0 Å². The molecule has 10 heteroatoms. The Hall–Kier alpha value is -3.07. The molecule has 0 radical (unpaired) electrons. The maximum atomic E-state index is 13.3. The average Bonchev–Trinajstić information content (AvgIpc) is 2.85. The SMILES string of the molecule is O=C(O)CC1CCC(OC(=O)N2CCc3cc(CC(=O)Cc4ccc(Cl)cc4C(F)(F)F)ccc3C2)CC1. The minimum atomic E-state index is -4.60. The third-order valence-electron chi connectivity index (χ3n) is 7.23. The second-order valence-electron chi connectivity index (χ2n) is 10.1. The lowest BCUT2D eigenvalue weighted by atomic mass is 9.85. The van der Waals surface area contributed by atoms with Crippen LogP contribution >= 0.6 is 11.6 Å². The van der Waals surface area contributed by atoms with Gasteiger partial charge >= 0.3 is 18.2 Å². The first-order valence-electron chi connectivity index (χ1n) is 12.6. The predicted molar refractivity (Wildman–Crippen MR) is 134 cm³/mol. The number of ether oxygens (including phenoxy) is 1. The van der Waals surface area contributed by atoms with E-state index in [0.29, 0.717) is 37.9 Å². The number of carboxylic acid groups (broad SMARTS) is 1. The monoisotopic (exact) mass is 551 g/mol. The van der Waals surface area contributed by atoms with Gasteiger partial charge in [0.2, 0.25) is 0 Å². The molecule has 1 fully saturated rings. The molecule has 4 rings (SSSR count). The lowest BCUT2D eigenvalue weighted by Gasteiger charge is -2.32. The van der Waals surface area contributed by atoms with Crippen LogP contribution in [-0.4, -0.2) is 40.5 Å². The molecular weight excluding hydrogens is 523 g/mol. The van der Waals surface area contributed by atoms with E-state index in [1.165, 1.54) is 12.1 Å². The zero-order valence-corrected chi connectivity index (χ0v) is 21.5. The average molecular weight is 552 g/mol. The highest BCUT2D eigenvalue weighted by Gasteiger charge is 2.34. The fourth-order valence-electron chi connectivity index (χ4n) is 5.26. The summed E-state index contributed by atoms with van der Waals surface area (Å²) in [6.45, 7) is 0.827. The topological polar surface area (TPSA) is 83.9 Å². The Bertz CT molecular complexity index is 1210. The van der Waals surface area contributed by atoms with Crippen LogP contribution in [0.3, 0.4) is 0 Å². The van der Waals surface area contributed by atoms with Gasteiger partial charge in [-0.25, -0.2) is 4.79 Å². The highest BCUT2D eigenvalue weighted by molar-refractivity contribution is 6.30. The van der Waals surface area contributed by atoms with E-state index in [2.05, 4.69) is 0 Å². The van der Waals surface area contributed by atoms with E-state index in [1.807, 2.05) is 12.1 Å². The van der Waals surface area contributed by atoms with Gasteiger partial charge in [-0.2, -0.15) is 13.2 Å². The van der Waals surface area contributed by atoms with Crippen LogP contribution in [-0.2, 0) is 46.3 Å². The van der Waals surface area contributed by atoms with Crippen molar-refractivity contribution in [3.05, 3.63) is 69.2 Å². The van der Waals surface area contributed by atoms with E-state index in [4.69, 9.17) is 21.4 Å². The predicted octanol–water partition coefficient (Wildman–Crippen LogP) is 6.24. The van der Waals surface area contributed by atoms with Crippen molar-refractivity contribution in [1.82, 2.24) is 4.90 Å². The quantitative estimate of drug-likeness (QED) is 0.440. The number of carbonyl (C=O) groups is 3. The zero-order chi connectivity index (χ0) is 27.4. The van der Waals surface area contributed by atoms with Gasteiger partial charge in [0.25, 0.3) is 0 Å². The van der Waals surface area contributed by atoms with Crippen molar-refractivity contribution in [1.29, 1.82) is 0 Å². The molecule has 2 aromatic rings. The highest BCUT2D eigenvalue weighted by atomic mass is 35.5. The summed E-state index contributed by atoms with van der Waals surface area (Å²) in [5.41, 5.74) is 1.64. The van der Waals surface area contributed by atoms with Crippen LogP contribution in [0, 0.1) is 5.92 Å². The molecule has 38 heavy (non-hydrogen) atoms. The summed E-state index contributed by atoms with van der Waals surface area (Å²) < 4.78 is 45.7. The zero-order valence-electron chi connectivity index (χ0n) is 20.7. The number of ketones is 1.